The quantitative estimate of drug-likeness (QED) is 0.153. The van der Waals surface area contributed by atoms with E-state index < -0.39 is 93.8 Å². The summed E-state index contributed by atoms with van der Waals surface area (Å²) in [5, 5.41) is 5.94. The Labute approximate surface area is 273 Å². The maximum atomic E-state index is 15.0. The Morgan fingerprint density at radius 2 is 1.51 bits per heavy atom. The lowest BCUT2D eigenvalue weighted by molar-refractivity contribution is -0.174. The number of nitrogens with one attached hydrogen (secondary N) is 3. The molecule has 3 N–H and O–H groups in total. The van der Waals surface area contributed by atoms with Crippen LogP contribution in [0.15, 0.2) is 48.5 Å². The van der Waals surface area contributed by atoms with Crippen LogP contribution in [0.2, 0.25) is 5.02 Å². The molecule has 1 fully saturated rings. The van der Waals surface area contributed by atoms with Crippen LogP contribution < -0.4 is 16.0 Å². The van der Waals surface area contributed by atoms with Crippen molar-refractivity contribution in [2.45, 2.75) is 22.6 Å². The lowest BCUT2D eigenvalue weighted by atomic mass is 10.0. The Bertz CT molecular complexity index is 1740. The highest BCUT2D eigenvalue weighted by Gasteiger charge is 2.67. The molecule has 1 unspecified atom stereocenters. The number of carbonyl (C=O) groups excluding carboxylic acids is 3. The third kappa shape index (κ3) is 8.41. The van der Waals surface area contributed by atoms with Crippen LogP contribution in [-0.2, 0) is 20.5 Å². The molecule has 7 nitrogen and oxygen atoms in total. The standard InChI is InChI=1S/C28H17Cl3F9N3O4/c29-15-3-2-12(41-25(46)21-20(27(21,30)31)11-1-4-16(32)14(7-11)28(38,39)40)8-13(15)24(45)42-18-6-5-17(33)23(22(18)34)43-19(44)9-47-10-26(35,36)37/h1-8,20-21H,9-10H2,(H,41,46)(H,42,45)(H,43,44)/t20-,21?/m0/s1. The second-order valence-corrected chi connectivity index (χ2v) is 11.8. The zero-order chi connectivity index (χ0) is 35.1. The fourth-order valence-electron chi connectivity index (χ4n) is 4.41. The third-order valence-electron chi connectivity index (χ3n) is 6.57. The number of carbonyl (C=O) groups is 3. The molecule has 3 aromatic rings. The van der Waals surface area contributed by atoms with Gasteiger partial charge in [0.1, 0.15) is 34.9 Å². The molecule has 0 saturated heterocycles. The molecule has 47 heavy (non-hydrogen) atoms. The summed E-state index contributed by atoms with van der Waals surface area (Å²) < 4.78 is 121. The van der Waals surface area contributed by atoms with E-state index in [9.17, 15) is 49.5 Å². The van der Waals surface area contributed by atoms with E-state index in [0.717, 1.165) is 24.3 Å². The van der Waals surface area contributed by atoms with Gasteiger partial charge >= 0.3 is 12.4 Å². The minimum atomic E-state index is -5.03. The molecule has 3 aromatic carbocycles. The maximum absolute atomic E-state index is 15.0. The largest absolute Gasteiger partial charge is 0.419 e. The van der Waals surface area contributed by atoms with Gasteiger partial charge in [-0.2, -0.15) is 26.3 Å². The van der Waals surface area contributed by atoms with Crippen molar-refractivity contribution in [3.63, 3.8) is 0 Å². The first kappa shape index (κ1) is 36.1. The van der Waals surface area contributed by atoms with Gasteiger partial charge in [0, 0.05) is 11.6 Å². The second-order valence-electron chi connectivity index (χ2n) is 9.94. The monoisotopic (exact) mass is 735 g/mol. The molecule has 0 bridgehead atoms. The lowest BCUT2D eigenvalue weighted by Crippen LogP contribution is -2.25. The molecule has 1 aliphatic carbocycles. The Kier molecular flexibility index (Phi) is 10.3. The van der Waals surface area contributed by atoms with E-state index in [2.05, 4.69) is 15.4 Å². The summed E-state index contributed by atoms with van der Waals surface area (Å²) in [6.07, 6.45) is -9.79. The van der Waals surface area contributed by atoms with E-state index in [4.69, 9.17) is 34.8 Å². The summed E-state index contributed by atoms with van der Waals surface area (Å²) in [5.74, 6) is -10.2. The number of benzene rings is 3. The SMILES string of the molecule is O=C(COCC(F)(F)F)Nc1c(F)ccc(NC(=O)c2cc(NC(=O)C3[C@H](c4ccc(F)c(C(F)(F)F)c4)C3(Cl)Cl)ccc2Cl)c1F. The van der Waals surface area contributed by atoms with E-state index in [0.29, 0.717) is 18.2 Å². The average Bonchev–Trinajstić information content (AvgIpc) is 3.54. The number of anilines is 3. The zero-order valence-corrected chi connectivity index (χ0v) is 25.1. The lowest BCUT2D eigenvalue weighted by Gasteiger charge is -2.14. The van der Waals surface area contributed by atoms with E-state index in [1.165, 1.54) is 6.07 Å². The van der Waals surface area contributed by atoms with Gasteiger partial charge in [-0.15, -0.1) is 23.2 Å². The molecule has 0 heterocycles. The summed E-state index contributed by atoms with van der Waals surface area (Å²) >= 11 is 18.5. The Balaban J connectivity index is 1.47. The molecule has 252 valence electrons. The van der Waals surface area contributed by atoms with Gasteiger partial charge in [0.2, 0.25) is 5.91 Å². The first-order valence-corrected chi connectivity index (χ1v) is 13.9. The molecular formula is C28H17Cl3F9N3O4. The van der Waals surface area contributed by atoms with E-state index in [1.807, 2.05) is 0 Å². The van der Waals surface area contributed by atoms with Gasteiger partial charge in [-0.05, 0) is 48.0 Å². The van der Waals surface area contributed by atoms with Crippen LogP contribution in [0.5, 0.6) is 0 Å². The first-order chi connectivity index (χ1) is 21.7. The number of amides is 3. The van der Waals surface area contributed by atoms with Crippen molar-refractivity contribution in [3.05, 3.63) is 87.7 Å². The summed E-state index contributed by atoms with van der Waals surface area (Å²) in [4.78, 5) is 37.8. The molecule has 19 heteroatoms. The molecule has 1 aliphatic rings. The topological polar surface area (TPSA) is 96.5 Å². The molecule has 0 aliphatic heterocycles. The van der Waals surface area contributed by atoms with Crippen LogP contribution in [0.25, 0.3) is 0 Å². The molecule has 4 rings (SSSR count). The number of ether oxygens (including phenoxy) is 1. The highest BCUT2D eigenvalue weighted by molar-refractivity contribution is 6.53. The van der Waals surface area contributed by atoms with Crippen molar-refractivity contribution in [1.29, 1.82) is 0 Å². The Hall–Kier alpha value is -3.73. The molecular weight excluding hydrogens is 720 g/mol. The van der Waals surface area contributed by atoms with Crippen LogP contribution in [0.3, 0.4) is 0 Å². The van der Waals surface area contributed by atoms with E-state index >= 15 is 4.39 Å². The van der Waals surface area contributed by atoms with Crippen LogP contribution in [0.4, 0.5) is 56.6 Å². The summed E-state index contributed by atoms with van der Waals surface area (Å²) in [5.41, 5.74) is -4.01. The second kappa shape index (κ2) is 13.4. The number of alkyl halides is 8. The molecule has 2 atom stereocenters. The van der Waals surface area contributed by atoms with Gasteiger partial charge in [0.15, 0.2) is 5.82 Å². The van der Waals surface area contributed by atoms with E-state index in [-0.39, 0.29) is 21.8 Å². The van der Waals surface area contributed by atoms with Gasteiger partial charge in [-0.1, -0.05) is 17.7 Å². The predicted molar refractivity (Wildman–Crippen MR) is 152 cm³/mol. The Morgan fingerprint density at radius 3 is 2.15 bits per heavy atom. The maximum Gasteiger partial charge on any atom is 0.419 e. The molecule has 0 spiro atoms. The summed E-state index contributed by atoms with van der Waals surface area (Å²) in [6, 6.07) is 6.86. The van der Waals surface area contributed by atoms with Crippen molar-refractivity contribution in [2.75, 3.05) is 29.2 Å². The van der Waals surface area contributed by atoms with Crippen molar-refractivity contribution in [2.24, 2.45) is 5.92 Å². The number of halogens is 12. The van der Waals surface area contributed by atoms with Gasteiger partial charge in [0.25, 0.3) is 11.8 Å². The van der Waals surface area contributed by atoms with Gasteiger partial charge < -0.3 is 20.7 Å². The third-order valence-corrected chi connectivity index (χ3v) is 7.84. The van der Waals surface area contributed by atoms with Crippen LogP contribution in [-0.4, -0.2) is 41.4 Å². The minimum Gasteiger partial charge on any atom is -0.362 e. The normalized spacial score (nSPS) is 17.2. The van der Waals surface area contributed by atoms with E-state index in [1.54, 1.807) is 5.32 Å². The minimum absolute atomic E-state index is 0.0965. The van der Waals surface area contributed by atoms with Crippen LogP contribution in [0.1, 0.15) is 27.4 Å². The Morgan fingerprint density at radius 1 is 0.851 bits per heavy atom. The van der Waals surface area contributed by atoms with Crippen molar-refractivity contribution < 1.29 is 58.6 Å². The van der Waals surface area contributed by atoms with Crippen molar-refractivity contribution in [3.8, 4) is 0 Å². The molecule has 0 radical (unpaired) electrons. The van der Waals surface area contributed by atoms with Crippen LogP contribution in [0, 0.1) is 23.4 Å². The molecule has 3 amide bonds. The molecule has 1 saturated carbocycles. The fraction of sp³-hybridized carbons (Fsp3) is 0.250. The highest BCUT2D eigenvalue weighted by Crippen LogP contribution is 2.65. The first-order valence-electron chi connectivity index (χ1n) is 12.8. The number of hydrogen-bond donors (Lipinski definition) is 3. The van der Waals surface area contributed by atoms with Gasteiger partial charge in [0.05, 0.1) is 27.8 Å². The average molecular weight is 737 g/mol. The van der Waals surface area contributed by atoms with Gasteiger partial charge in [-0.3, -0.25) is 14.4 Å². The van der Waals surface area contributed by atoms with Crippen molar-refractivity contribution >= 4 is 69.6 Å². The highest BCUT2D eigenvalue weighted by atomic mass is 35.5. The summed E-state index contributed by atoms with van der Waals surface area (Å²) in [6.45, 7) is -2.99. The van der Waals surface area contributed by atoms with Crippen LogP contribution >= 0.6 is 34.8 Å². The summed E-state index contributed by atoms with van der Waals surface area (Å²) in [7, 11) is 0. The zero-order valence-electron chi connectivity index (χ0n) is 22.9. The fourth-order valence-corrected chi connectivity index (χ4v) is 5.44. The smallest absolute Gasteiger partial charge is 0.362 e. The van der Waals surface area contributed by atoms with Crippen molar-refractivity contribution in [1.82, 2.24) is 0 Å². The van der Waals surface area contributed by atoms with Gasteiger partial charge in [-0.25, -0.2) is 13.2 Å². The number of hydrogen-bond acceptors (Lipinski definition) is 4. The predicted octanol–water partition coefficient (Wildman–Crippen LogP) is 8.07. The molecule has 0 aromatic heterocycles. The number of rotatable bonds is 9.